The Kier molecular flexibility index (Phi) is 4.85. The van der Waals surface area contributed by atoms with Gasteiger partial charge in [-0.25, -0.2) is 0 Å². The molecule has 1 heterocycles. The molecule has 0 aromatic carbocycles. The fourth-order valence-corrected chi connectivity index (χ4v) is 7.08. The second kappa shape index (κ2) is 6.35. The van der Waals surface area contributed by atoms with Gasteiger partial charge in [0.25, 0.3) is 0 Å². The maximum absolute atomic E-state index is 12.2. The molecule has 4 heteroatoms. The molecule has 3 rings (SSSR count). The monoisotopic (exact) mass is 351 g/mol. The Bertz CT molecular complexity index is 552. The fourth-order valence-electron chi connectivity index (χ4n) is 5.23. The van der Waals surface area contributed by atoms with E-state index in [2.05, 4.69) is 27.7 Å². The van der Waals surface area contributed by atoms with Crippen molar-refractivity contribution in [2.75, 3.05) is 6.54 Å². The molecular weight excluding hydrogens is 318 g/mol. The van der Waals surface area contributed by atoms with Crippen LogP contribution in [0.4, 0.5) is 0 Å². The van der Waals surface area contributed by atoms with Crippen LogP contribution in [0.1, 0.15) is 66.2 Å². The highest BCUT2D eigenvalue weighted by Gasteiger charge is 2.50. The first-order chi connectivity index (χ1) is 11.1. The lowest BCUT2D eigenvalue weighted by Gasteiger charge is -2.43. The van der Waals surface area contributed by atoms with Crippen molar-refractivity contribution in [1.82, 2.24) is 0 Å². The Morgan fingerprint density at radius 2 is 1.96 bits per heavy atom. The van der Waals surface area contributed by atoms with Crippen LogP contribution in [0.3, 0.4) is 0 Å². The molecule has 2 aliphatic carbocycles. The molecule has 0 spiro atoms. The summed E-state index contributed by atoms with van der Waals surface area (Å²) in [5.74, 6) is 0.00550. The van der Waals surface area contributed by atoms with Crippen molar-refractivity contribution in [3.63, 3.8) is 0 Å². The maximum Gasteiger partial charge on any atom is 0.311 e. The number of nitrogens with two attached hydrogens (primary N) is 1. The summed E-state index contributed by atoms with van der Waals surface area (Å²) in [6, 6.07) is 0. The standard InChI is InChI=1S/C20H33NO2S/c1-19(2)7-5-13(12(9-19)11-21)17-16(18(22)23)14-10-20(3,4)8-6-15(14)24-17/h12-13,16-17H,5-11,21H2,1-4H3,(H,22,23)/t12-,13?,16?,17?/m1/s1. The molecule has 3 aliphatic rings. The summed E-state index contributed by atoms with van der Waals surface area (Å²) in [4.78, 5) is 13.6. The third-order valence-electron chi connectivity index (χ3n) is 6.60. The normalized spacial score (nSPS) is 38.0. The van der Waals surface area contributed by atoms with E-state index in [1.54, 1.807) is 0 Å². The highest BCUT2D eigenvalue weighted by molar-refractivity contribution is 8.04. The van der Waals surface area contributed by atoms with E-state index >= 15 is 0 Å². The molecule has 3 unspecified atom stereocenters. The van der Waals surface area contributed by atoms with E-state index in [9.17, 15) is 9.90 Å². The average Bonchev–Trinajstić information content (AvgIpc) is 2.83. The van der Waals surface area contributed by atoms with Crippen molar-refractivity contribution in [3.05, 3.63) is 10.5 Å². The van der Waals surface area contributed by atoms with Gasteiger partial charge in [0.15, 0.2) is 0 Å². The van der Waals surface area contributed by atoms with Gasteiger partial charge in [0, 0.05) is 5.25 Å². The summed E-state index contributed by atoms with van der Waals surface area (Å²) in [5, 5.41) is 10.2. The molecule has 136 valence electrons. The first-order valence-electron chi connectivity index (χ1n) is 9.45. The van der Waals surface area contributed by atoms with Crippen LogP contribution in [0.15, 0.2) is 10.5 Å². The molecule has 1 saturated carbocycles. The summed E-state index contributed by atoms with van der Waals surface area (Å²) < 4.78 is 0. The van der Waals surface area contributed by atoms with E-state index in [0.29, 0.717) is 23.8 Å². The number of aliphatic carboxylic acids is 1. The highest BCUT2D eigenvalue weighted by Crippen LogP contribution is 2.58. The lowest BCUT2D eigenvalue weighted by Crippen LogP contribution is -2.42. The number of thioether (sulfide) groups is 1. The van der Waals surface area contributed by atoms with Gasteiger partial charge >= 0.3 is 5.97 Å². The quantitative estimate of drug-likeness (QED) is 0.775. The van der Waals surface area contributed by atoms with E-state index in [1.807, 2.05) is 11.8 Å². The minimum atomic E-state index is -0.615. The molecule has 3 N–H and O–H groups in total. The van der Waals surface area contributed by atoms with Gasteiger partial charge in [-0.1, -0.05) is 27.7 Å². The number of rotatable bonds is 3. The number of carbonyl (C=O) groups is 1. The van der Waals surface area contributed by atoms with Gasteiger partial charge < -0.3 is 10.8 Å². The zero-order chi connectivity index (χ0) is 17.7. The van der Waals surface area contributed by atoms with Crippen molar-refractivity contribution >= 4 is 17.7 Å². The second-order valence-corrected chi connectivity index (χ2v) is 11.0. The average molecular weight is 352 g/mol. The van der Waals surface area contributed by atoms with E-state index in [4.69, 9.17) is 5.73 Å². The highest BCUT2D eigenvalue weighted by atomic mass is 32.2. The summed E-state index contributed by atoms with van der Waals surface area (Å²) >= 11 is 1.90. The molecule has 0 aromatic heterocycles. The van der Waals surface area contributed by atoms with Crippen molar-refractivity contribution in [1.29, 1.82) is 0 Å². The molecule has 0 aromatic rings. The Morgan fingerprint density at radius 3 is 2.58 bits per heavy atom. The molecule has 0 amide bonds. The Balaban J connectivity index is 1.85. The first kappa shape index (κ1) is 18.3. The van der Waals surface area contributed by atoms with Gasteiger partial charge in [-0.05, 0) is 78.2 Å². The van der Waals surface area contributed by atoms with E-state index < -0.39 is 5.97 Å². The first-order valence-corrected chi connectivity index (χ1v) is 10.3. The van der Waals surface area contributed by atoms with E-state index in [0.717, 1.165) is 25.7 Å². The zero-order valence-corrected chi connectivity index (χ0v) is 16.4. The van der Waals surface area contributed by atoms with Crippen LogP contribution in [0.25, 0.3) is 0 Å². The van der Waals surface area contributed by atoms with Crippen LogP contribution >= 0.6 is 11.8 Å². The molecule has 0 bridgehead atoms. The molecule has 24 heavy (non-hydrogen) atoms. The Labute approximate surface area is 150 Å². The zero-order valence-electron chi connectivity index (χ0n) is 15.6. The van der Waals surface area contributed by atoms with Gasteiger partial charge in [0.2, 0.25) is 0 Å². The van der Waals surface area contributed by atoms with Crippen molar-refractivity contribution in [2.45, 2.75) is 71.5 Å². The molecule has 0 radical (unpaired) electrons. The SMILES string of the molecule is CC1(C)CCC2=C(C1)C(C(=O)O)C(C1CCC(C)(C)C[C@@H]1CN)S2. The van der Waals surface area contributed by atoms with Crippen molar-refractivity contribution in [3.8, 4) is 0 Å². The lowest BCUT2D eigenvalue weighted by molar-refractivity contribution is -0.141. The predicted molar refractivity (Wildman–Crippen MR) is 101 cm³/mol. The van der Waals surface area contributed by atoms with Gasteiger partial charge in [0.1, 0.15) is 0 Å². The summed E-state index contributed by atoms with van der Waals surface area (Å²) in [7, 11) is 0. The molecular formula is C20H33NO2S. The van der Waals surface area contributed by atoms with Gasteiger partial charge in [0.05, 0.1) is 5.92 Å². The molecule has 0 saturated heterocycles. The second-order valence-electron chi connectivity index (χ2n) is 9.75. The van der Waals surface area contributed by atoms with Gasteiger partial charge in [-0.3, -0.25) is 4.79 Å². The van der Waals surface area contributed by atoms with Gasteiger partial charge in [-0.15, -0.1) is 11.8 Å². The van der Waals surface area contributed by atoms with Crippen LogP contribution in [0, 0.1) is 28.6 Å². The summed E-state index contributed by atoms with van der Waals surface area (Å²) in [6.07, 6.45) is 6.64. The molecule has 1 fully saturated rings. The van der Waals surface area contributed by atoms with Crippen LogP contribution < -0.4 is 5.73 Å². The molecule has 4 atom stereocenters. The van der Waals surface area contributed by atoms with Crippen LogP contribution in [0.2, 0.25) is 0 Å². The lowest BCUT2D eigenvalue weighted by atomic mass is 9.64. The number of hydrogen-bond acceptors (Lipinski definition) is 3. The third kappa shape index (κ3) is 3.41. The minimum absolute atomic E-state index is 0.200. The van der Waals surface area contributed by atoms with E-state index in [1.165, 1.54) is 23.3 Å². The molecule has 3 nitrogen and oxygen atoms in total. The molecule has 1 aliphatic heterocycles. The summed E-state index contributed by atoms with van der Waals surface area (Å²) in [6.45, 7) is 9.90. The Hall–Kier alpha value is -0.480. The van der Waals surface area contributed by atoms with Gasteiger partial charge in [-0.2, -0.15) is 0 Å². The largest absolute Gasteiger partial charge is 0.481 e. The van der Waals surface area contributed by atoms with E-state index in [-0.39, 0.29) is 16.6 Å². The minimum Gasteiger partial charge on any atom is -0.481 e. The third-order valence-corrected chi connectivity index (χ3v) is 8.25. The van der Waals surface area contributed by atoms with Crippen molar-refractivity contribution < 1.29 is 9.90 Å². The predicted octanol–water partition coefficient (Wildman–Crippen LogP) is 4.67. The Morgan fingerprint density at radius 1 is 1.25 bits per heavy atom. The summed E-state index contributed by atoms with van der Waals surface area (Å²) in [5.41, 5.74) is 7.95. The number of hydrogen-bond donors (Lipinski definition) is 2. The fraction of sp³-hybridized carbons (Fsp3) is 0.850. The number of carboxylic acids is 1. The number of allylic oxidation sites excluding steroid dienone is 1. The number of carboxylic acid groups (broad SMARTS) is 1. The van der Waals surface area contributed by atoms with Crippen molar-refractivity contribution in [2.24, 2.45) is 34.3 Å². The smallest absolute Gasteiger partial charge is 0.311 e. The topological polar surface area (TPSA) is 63.3 Å². The van der Waals surface area contributed by atoms with Crippen LogP contribution in [0.5, 0.6) is 0 Å². The maximum atomic E-state index is 12.2. The van der Waals surface area contributed by atoms with Crippen LogP contribution in [-0.4, -0.2) is 22.9 Å². The van der Waals surface area contributed by atoms with Crippen LogP contribution in [-0.2, 0) is 4.79 Å².